The highest BCUT2D eigenvalue weighted by Crippen LogP contribution is 2.20. The number of carbonyl (C=O) groups is 2. The van der Waals surface area contributed by atoms with Crippen LogP contribution in [0.4, 0.5) is 0 Å². The summed E-state index contributed by atoms with van der Waals surface area (Å²) in [5, 5.41) is 9.02. The van der Waals surface area contributed by atoms with Crippen LogP contribution in [-0.2, 0) is 4.74 Å². The van der Waals surface area contributed by atoms with Gasteiger partial charge >= 0.3 is 11.9 Å². The van der Waals surface area contributed by atoms with E-state index in [1.54, 1.807) is 18.2 Å². The molecule has 0 aliphatic carbocycles. The number of rotatable bonds is 2. The molecule has 2 aromatic heterocycles. The lowest BCUT2D eigenvalue weighted by Crippen LogP contribution is -2.05. The summed E-state index contributed by atoms with van der Waals surface area (Å²) in [5.41, 5.74) is 0.356. The molecule has 0 aromatic carbocycles. The molecule has 7 heteroatoms. The maximum atomic E-state index is 11.5. The van der Waals surface area contributed by atoms with Gasteiger partial charge in [0.25, 0.3) is 0 Å². The molecule has 2 heterocycles. The zero-order valence-electron chi connectivity index (χ0n) is 8.68. The number of esters is 1. The van der Waals surface area contributed by atoms with E-state index >= 15 is 0 Å². The van der Waals surface area contributed by atoms with E-state index < -0.39 is 11.9 Å². The van der Waals surface area contributed by atoms with Crippen LogP contribution < -0.4 is 0 Å². The van der Waals surface area contributed by atoms with Crippen molar-refractivity contribution in [3.8, 4) is 0 Å². The molecule has 1 N–H and O–H groups in total. The highest BCUT2D eigenvalue weighted by atomic mass is 79.9. The van der Waals surface area contributed by atoms with Crippen molar-refractivity contribution in [2.24, 2.45) is 0 Å². The van der Waals surface area contributed by atoms with Crippen LogP contribution in [0, 0.1) is 0 Å². The highest BCUT2D eigenvalue weighted by molar-refractivity contribution is 9.10. The fourth-order valence-corrected chi connectivity index (χ4v) is 2.00. The van der Waals surface area contributed by atoms with Crippen LogP contribution in [0.2, 0.25) is 0 Å². The van der Waals surface area contributed by atoms with Crippen LogP contribution in [0.1, 0.15) is 21.1 Å². The van der Waals surface area contributed by atoms with Crippen molar-refractivity contribution < 1.29 is 19.4 Å². The smallest absolute Gasteiger partial charge is 0.372 e. The number of nitrogens with zero attached hydrogens (tertiary/aromatic N) is 2. The highest BCUT2D eigenvalue weighted by Gasteiger charge is 2.22. The molecule has 0 bridgehead atoms. The van der Waals surface area contributed by atoms with Gasteiger partial charge in [-0.3, -0.25) is 4.40 Å². The van der Waals surface area contributed by atoms with E-state index in [2.05, 4.69) is 25.7 Å². The van der Waals surface area contributed by atoms with Gasteiger partial charge in [0.2, 0.25) is 5.82 Å². The Balaban J connectivity index is 2.85. The second kappa shape index (κ2) is 4.17. The topological polar surface area (TPSA) is 80.9 Å². The molecular weight excluding hydrogens is 292 g/mol. The summed E-state index contributed by atoms with van der Waals surface area (Å²) in [7, 11) is 1.21. The quantitative estimate of drug-likeness (QED) is 0.672. The van der Waals surface area contributed by atoms with Gasteiger partial charge < -0.3 is 9.84 Å². The Hall–Kier alpha value is -1.89. The lowest BCUT2D eigenvalue weighted by molar-refractivity contribution is 0.0597. The Kier molecular flexibility index (Phi) is 2.84. The first-order chi connectivity index (χ1) is 8.06. The number of hydrogen-bond acceptors (Lipinski definition) is 4. The third-order valence-corrected chi connectivity index (χ3v) is 2.80. The van der Waals surface area contributed by atoms with Crippen LogP contribution >= 0.6 is 15.9 Å². The van der Waals surface area contributed by atoms with Gasteiger partial charge in [-0.2, -0.15) is 0 Å². The predicted molar refractivity (Wildman–Crippen MR) is 61.2 cm³/mol. The van der Waals surface area contributed by atoms with Crippen molar-refractivity contribution in [1.82, 2.24) is 9.38 Å². The molecule has 0 aliphatic heterocycles. The van der Waals surface area contributed by atoms with Gasteiger partial charge in [-0.25, -0.2) is 14.6 Å². The number of methoxy groups -OCH3 is 1. The number of carboxylic acid groups (broad SMARTS) is 1. The van der Waals surface area contributed by atoms with Gasteiger partial charge in [-0.1, -0.05) is 6.07 Å². The molecule has 0 saturated heterocycles. The zero-order chi connectivity index (χ0) is 12.6. The van der Waals surface area contributed by atoms with Crippen LogP contribution in [-0.4, -0.2) is 33.5 Å². The second-order valence-electron chi connectivity index (χ2n) is 3.15. The average Bonchev–Trinajstić information content (AvgIpc) is 2.69. The molecular formula is C10H7BrN2O4. The Bertz CT molecular complexity index is 620. The van der Waals surface area contributed by atoms with Gasteiger partial charge in [0.1, 0.15) is 0 Å². The molecule has 88 valence electrons. The van der Waals surface area contributed by atoms with E-state index in [1.807, 2.05) is 0 Å². The van der Waals surface area contributed by atoms with E-state index in [4.69, 9.17) is 5.11 Å². The second-order valence-corrected chi connectivity index (χ2v) is 3.96. The minimum Gasteiger partial charge on any atom is -0.475 e. The summed E-state index contributed by atoms with van der Waals surface area (Å²) >= 11 is 3.21. The van der Waals surface area contributed by atoms with Gasteiger partial charge in [-0.15, -0.1) is 0 Å². The monoisotopic (exact) mass is 298 g/mol. The van der Waals surface area contributed by atoms with E-state index in [0.717, 1.165) is 0 Å². The molecule has 17 heavy (non-hydrogen) atoms. The van der Waals surface area contributed by atoms with Crippen LogP contribution in [0.25, 0.3) is 5.52 Å². The van der Waals surface area contributed by atoms with E-state index in [0.29, 0.717) is 10.1 Å². The minimum atomic E-state index is -1.22. The van der Waals surface area contributed by atoms with Gasteiger partial charge in [0, 0.05) is 0 Å². The largest absolute Gasteiger partial charge is 0.475 e. The molecule has 0 saturated carbocycles. The molecule has 0 unspecified atom stereocenters. The maximum absolute atomic E-state index is 11.5. The first kappa shape index (κ1) is 11.6. The number of aromatic carboxylic acids is 1. The third-order valence-electron chi connectivity index (χ3n) is 2.18. The molecule has 0 spiro atoms. The first-order valence-electron chi connectivity index (χ1n) is 4.55. The lowest BCUT2D eigenvalue weighted by Gasteiger charge is -1.99. The Labute approximate surface area is 104 Å². The van der Waals surface area contributed by atoms with Crippen molar-refractivity contribution in [1.29, 1.82) is 0 Å². The number of fused-ring (bicyclic) bond motifs is 1. The van der Waals surface area contributed by atoms with E-state index in [1.165, 1.54) is 11.5 Å². The number of hydrogen-bond donors (Lipinski definition) is 1. The van der Waals surface area contributed by atoms with Crippen LogP contribution in [0.3, 0.4) is 0 Å². The summed E-state index contributed by atoms with van der Waals surface area (Å²) in [4.78, 5) is 26.3. The Morgan fingerprint density at radius 1 is 1.47 bits per heavy atom. The maximum Gasteiger partial charge on any atom is 0.372 e. The fourth-order valence-electron chi connectivity index (χ4n) is 1.49. The normalized spacial score (nSPS) is 10.5. The van der Waals surface area contributed by atoms with Gasteiger partial charge in [0.05, 0.1) is 17.2 Å². The number of aromatic nitrogens is 2. The van der Waals surface area contributed by atoms with Crippen molar-refractivity contribution in [2.45, 2.75) is 0 Å². The number of imidazole rings is 1. The lowest BCUT2D eigenvalue weighted by atomic mass is 10.3. The minimum absolute atomic E-state index is 0.0220. The van der Waals surface area contributed by atoms with E-state index in [-0.39, 0.29) is 11.5 Å². The Morgan fingerprint density at radius 2 is 2.18 bits per heavy atom. The molecule has 0 atom stereocenters. The number of carboxylic acids is 1. The average molecular weight is 299 g/mol. The number of halogens is 1. The van der Waals surface area contributed by atoms with Crippen molar-refractivity contribution in [2.75, 3.05) is 7.11 Å². The van der Waals surface area contributed by atoms with Crippen molar-refractivity contribution in [3.05, 3.63) is 34.3 Å². The molecule has 0 fully saturated rings. The summed E-state index contributed by atoms with van der Waals surface area (Å²) in [6.45, 7) is 0. The standard InChI is InChI=1S/C10H7BrN2O4/c1-17-10(16)7-5-3-2-4-6(11)13(5)8(12-7)9(14)15/h2-4H,1H3,(H,14,15). The summed E-state index contributed by atoms with van der Waals surface area (Å²) in [6, 6.07) is 4.93. The molecule has 0 amide bonds. The van der Waals surface area contributed by atoms with Crippen LogP contribution in [0.15, 0.2) is 22.8 Å². The zero-order valence-corrected chi connectivity index (χ0v) is 10.3. The van der Waals surface area contributed by atoms with Crippen molar-refractivity contribution >= 4 is 33.4 Å². The summed E-state index contributed by atoms with van der Waals surface area (Å²) in [6.07, 6.45) is 0. The van der Waals surface area contributed by atoms with Gasteiger partial charge in [0.15, 0.2) is 5.69 Å². The Morgan fingerprint density at radius 3 is 2.76 bits per heavy atom. The third kappa shape index (κ3) is 1.78. The molecule has 6 nitrogen and oxygen atoms in total. The van der Waals surface area contributed by atoms with E-state index in [9.17, 15) is 9.59 Å². The number of ether oxygens (including phenoxy) is 1. The number of carbonyl (C=O) groups excluding carboxylic acids is 1. The molecule has 2 aromatic rings. The van der Waals surface area contributed by atoms with Gasteiger partial charge in [-0.05, 0) is 28.1 Å². The predicted octanol–water partition coefficient (Wildman–Crippen LogP) is 1.58. The van der Waals surface area contributed by atoms with Crippen molar-refractivity contribution in [3.63, 3.8) is 0 Å². The fraction of sp³-hybridized carbons (Fsp3) is 0.100. The molecule has 2 rings (SSSR count). The summed E-state index contributed by atoms with van der Waals surface area (Å²) < 4.78 is 6.38. The number of pyridine rings is 1. The molecule has 0 radical (unpaired) electrons. The van der Waals surface area contributed by atoms with Crippen LogP contribution in [0.5, 0.6) is 0 Å². The first-order valence-corrected chi connectivity index (χ1v) is 5.34. The SMILES string of the molecule is COC(=O)c1nc(C(=O)O)n2c(Br)cccc12. The summed E-state index contributed by atoms with van der Waals surface area (Å²) in [5.74, 6) is -2.14. The molecule has 0 aliphatic rings.